The molecule has 0 spiro atoms. The van der Waals surface area contributed by atoms with E-state index in [9.17, 15) is 0 Å². The first-order valence-corrected chi connectivity index (χ1v) is 9.05. The molecule has 7 heteroatoms. The number of nitrogens with zero attached hydrogens (tertiary/aromatic N) is 1. The predicted molar refractivity (Wildman–Crippen MR) is 107 cm³/mol. The second kappa shape index (κ2) is 13.0. The summed E-state index contributed by atoms with van der Waals surface area (Å²) in [6.07, 6.45) is 3.28. The Labute approximate surface area is 160 Å². The zero-order valence-electron chi connectivity index (χ0n) is 13.8. The summed E-state index contributed by atoms with van der Waals surface area (Å²) in [5.74, 6) is 0.891. The first kappa shape index (κ1) is 20.7. The Morgan fingerprint density at radius 2 is 2.39 bits per heavy atom. The van der Waals surface area contributed by atoms with Gasteiger partial charge in [0.05, 0.1) is 12.7 Å². The van der Waals surface area contributed by atoms with E-state index in [1.165, 1.54) is 5.56 Å². The van der Waals surface area contributed by atoms with E-state index in [0.717, 1.165) is 64.7 Å². The topological polar surface area (TPSA) is 54.9 Å². The minimum Gasteiger partial charge on any atom is -0.379 e. The molecule has 2 rings (SSSR count). The van der Waals surface area contributed by atoms with Gasteiger partial charge in [0, 0.05) is 32.8 Å². The van der Waals surface area contributed by atoms with E-state index in [2.05, 4.69) is 39.4 Å². The lowest BCUT2D eigenvalue weighted by atomic mass is 10.2. The summed E-state index contributed by atoms with van der Waals surface area (Å²) in [5.41, 5.74) is 1.38. The van der Waals surface area contributed by atoms with Crippen molar-refractivity contribution in [3.8, 4) is 0 Å². The van der Waals surface area contributed by atoms with Crippen LogP contribution >= 0.6 is 35.3 Å². The highest BCUT2D eigenvalue weighted by Gasteiger charge is 2.15. The molecule has 0 aromatic carbocycles. The lowest BCUT2D eigenvalue weighted by Gasteiger charge is -2.11. The van der Waals surface area contributed by atoms with Gasteiger partial charge in [-0.1, -0.05) is 0 Å². The van der Waals surface area contributed by atoms with Crippen molar-refractivity contribution >= 4 is 41.3 Å². The number of halogens is 1. The molecule has 1 aliphatic heterocycles. The molecule has 0 radical (unpaired) electrons. The van der Waals surface area contributed by atoms with Crippen LogP contribution in [0.3, 0.4) is 0 Å². The van der Waals surface area contributed by atoms with Crippen LogP contribution in [-0.4, -0.2) is 51.5 Å². The Morgan fingerprint density at radius 1 is 1.48 bits per heavy atom. The number of ether oxygens (including phenoxy) is 2. The smallest absolute Gasteiger partial charge is 0.191 e. The maximum atomic E-state index is 5.74. The summed E-state index contributed by atoms with van der Waals surface area (Å²) in [6, 6.07) is 2.17. The van der Waals surface area contributed by atoms with Gasteiger partial charge in [-0.05, 0) is 48.6 Å². The average Bonchev–Trinajstić information content (AvgIpc) is 3.20. The van der Waals surface area contributed by atoms with E-state index in [4.69, 9.17) is 9.47 Å². The van der Waals surface area contributed by atoms with Crippen molar-refractivity contribution in [3.05, 3.63) is 22.4 Å². The van der Waals surface area contributed by atoms with Crippen molar-refractivity contribution in [1.82, 2.24) is 10.6 Å². The molecule has 1 saturated heterocycles. The van der Waals surface area contributed by atoms with Crippen molar-refractivity contribution in [2.24, 2.45) is 4.99 Å². The number of aliphatic imine (C=N–C) groups is 1. The van der Waals surface area contributed by atoms with E-state index in [1.54, 1.807) is 11.3 Å². The highest BCUT2D eigenvalue weighted by Crippen LogP contribution is 2.08. The Balaban J connectivity index is 0.00000264. The van der Waals surface area contributed by atoms with Crippen molar-refractivity contribution < 1.29 is 9.47 Å². The summed E-state index contributed by atoms with van der Waals surface area (Å²) in [7, 11) is 0. The molecule has 1 fully saturated rings. The van der Waals surface area contributed by atoms with E-state index in [0.29, 0.717) is 6.10 Å². The average molecular weight is 453 g/mol. The quantitative estimate of drug-likeness (QED) is 0.261. The van der Waals surface area contributed by atoms with Crippen LogP contribution in [0.2, 0.25) is 0 Å². The molecule has 1 aliphatic rings. The number of rotatable bonds is 9. The van der Waals surface area contributed by atoms with Gasteiger partial charge >= 0.3 is 0 Å². The first-order valence-electron chi connectivity index (χ1n) is 8.11. The van der Waals surface area contributed by atoms with Crippen LogP contribution in [0.1, 0.15) is 25.3 Å². The minimum atomic E-state index is 0. The second-order valence-electron chi connectivity index (χ2n) is 5.28. The van der Waals surface area contributed by atoms with Crippen molar-refractivity contribution in [2.75, 3.05) is 39.5 Å². The lowest BCUT2D eigenvalue weighted by Crippen LogP contribution is -2.38. The molecule has 1 unspecified atom stereocenters. The summed E-state index contributed by atoms with van der Waals surface area (Å²) in [5, 5.41) is 11.0. The van der Waals surface area contributed by atoms with Crippen molar-refractivity contribution in [3.63, 3.8) is 0 Å². The van der Waals surface area contributed by atoms with Gasteiger partial charge in [-0.3, -0.25) is 4.99 Å². The summed E-state index contributed by atoms with van der Waals surface area (Å²) in [4.78, 5) is 4.58. The van der Waals surface area contributed by atoms with Gasteiger partial charge < -0.3 is 20.1 Å². The Kier molecular flexibility index (Phi) is 11.7. The third kappa shape index (κ3) is 8.88. The number of guanidine groups is 1. The fraction of sp³-hybridized carbons (Fsp3) is 0.688. The molecule has 0 bridgehead atoms. The van der Waals surface area contributed by atoms with Crippen LogP contribution in [0.25, 0.3) is 0 Å². The number of hydrogen-bond donors (Lipinski definition) is 2. The largest absolute Gasteiger partial charge is 0.379 e. The molecular weight excluding hydrogens is 425 g/mol. The monoisotopic (exact) mass is 453 g/mol. The van der Waals surface area contributed by atoms with Crippen LogP contribution in [-0.2, 0) is 15.9 Å². The molecule has 2 N–H and O–H groups in total. The van der Waals surface area contributed by atoms with E-state index < -0.39 is 0 Å². The molecule has 1 atom stereocenters. The summed E-state index contributed by atoms with van der Waals surface area (Å²) >= 11 is 1.74. The van der Waals surface area contributed by atoms with Gasteiger partial charge in [0.25, 0.3) is 0 Å². The highest BCUT2D eigenvalue weighted by molar-refractivity contribution is 14.0. The molecule has 1 aromatic rings. The highest BCUT2D eigenvalue weighted by atomic mass is 127. The maximum Gasteiger partial charge on any atom is 0.191 e. The molecule has 0 amide bonds. The Morgan fingerprint density at radius 3 is 3.09 bits per heavy atom. The van der Waals surface area contributed by atoms with E-state index >= 15 is 0 Å². The molecular formula is C16H28IN3O2S. The second-order valence-corrected chi connectivity index (χ2v) is 6.06. The van der Waals surface area contributed by atoms with Gasteiger partial charge in [-0.25, -0.2) is 0 Å². The summed E-state index contributed by atoms with van der Waals surface area (Å²) < 4.78 is 11.0. The van der Waals surface area contributed by atoms with Crippen LogP contribution in [0.15, 0.2) is 21.8 Å². The molecule has 132 valence electrons. The van der Waals surface area contributed by atoms with Crippen molar-refractivity contribution in [2.45, 2.75) is 32.3 Å². The molecule has 23 heavy (non-hydrogen) atoms. The fourth-order valence-corrected chi connectivity index (χ4v) is 2.95. The summed E-state index contributed by atoms with van der Waals surface area (Å²) in [6.45, 7) is 6.97. The van der Waals surface area contributed by atoms with E-state index in [-0.39, 0.29) is 24.0 Å². The number of hydrogen-bond acceptors (Lipinski definition) is 4. The predicted octanol–water partition coefficient (Wildman–Crippen LogP) is 2.66. The maximum absolute atomic E-state index is 5.74. The normalized spacial score (nSPS) is 17.8. The van der Waals surface area contributed by atoms with Gasteiger partial charge in [0.2, 0.25) is 0 Å². The van der Waals surface area contributed by atoms with Crippen molar-refractivity contribution in [1.29, 1.82) is 0 Å². The number of thiophene rings is 1. The van der Waals surface area contributed by atoms with Crippen LogP contribution < -0.4 is 10.6 Å². The molecule has 0 saturated carbocycles. The lowest BCUT2D eigenvalue weighted by molar-refractivity contribution is 0.0424. The standard InChI is InChI=1S/C16H27N3O2S.HI/c1-2-17-16(19-8-4-14-6-11-22-13-14)18-7-3-9-21-15-5-10-20-12-15;/h6,11,13,15H,2-5,7-10,12H2,1H3,(H2,17,18,19);1H. The third-order valence-corrected chi connectivity index (χ3v) is 4.18. The zero-order valence-corrected chi connectivity index (χ0v) is 16.9. The molecule has 2 heterocycles. The SMILES string of the molecule is CCNC(=NCCCOC1CCOC1)NCCc1ccsc1.I. The first-order chi connectivity index (χ1) is 10.9. The zero-order chi connectivity index (χ0) is 15.5. The third-order valence-electron chi connectivity index (χ3n) is 3.44. The molecule has 1 aromatic heterocycles. The van der Waals surface area contributed by atoms with Gasteiger partial charge in [0.1, 0.15) is 0 Å². The fourth-order valence-electron chi connectivity index (χ4n) is 2.25. The Hall–Kier alpha value is -0.380. The van der Waals surface area contributed by atoms with E-state index in [1.807, 2.05) is 0 Å². The van der Waals surface area contributed by atoms with Gasteiger partial charge in [0.15, 0.2) is 5.96 Å². The van der Waals surface area contributed by atoms with Crippen LogP contribution in [0, 0.1) is 0 Å². The Bertz CT molecular complexity index is 423. The number of nitrogens with one attached hydrogen (secondary N) is 2. The van der Waals surface area contributed by atoms with Crippen LogP contribution in [0.5, 0.6) is 0 Å². The van der Waals surface area contributed by atoms with Gasteiger partial charge in [-0.15, -0.1) is 24.0 Å². The molecule has 5 nitrogen and oxygen atoms in total. The van der Waals surface area contributed by atoms with Crippen LogP contribution in [0.4, 0.5) is 0 Å². The van der Waals surface area contributed by atoms with Gasteiger partial charge in [-0.2, -0.15) is 11.3 Å². The minimum absolute atomic E-state index is 0. The molecule has 0 aliphatic carbocycles.